The first-order valence-corrected chi connectivity index (χ1v) is 4.49. The zero-order valence-electron chi connectivity index (χ0n) is 8.05. The highest BCUT2D eigenvalue weighted by Gasteiger charge is 2.22. The Kier molecular flexibility index (Phi) is 3.04. The van der Waals surface area contributed by atoms with Gasteiger partial charge in [-0.2, -0.15) is 0 Å². The molecule has 0 fully saturated rings. The van der Waals surface area contributed by atoms with E-state index in [0.29, 0.717) is 0 Å². The summed E-state index contributed by atoms with van der Waals surface area (Å²) in [4.78, 5) is 0. The van der Waals surface area contributed by atoms with Crippen molar-refractivity contribution in [2.75, 3.05) is 6.61 Å². The molecule has 1 atom stereocenters. The fourth-order valence-corrected chi connectivity index (χ4v) is 1.26. The molecule has 1 rings (SSSR count). The van der Waals surface area contributed by atoms with E-state index in [1.54, 1.807) is 12.1 Å². The fourth-order valence-electron chi connectivity index (χ4n) is 1.26. The minimum absolute atomic E-state index is 0.0924. The van der Waals surface area contributed by atoms with Crippen LogP contribution in [-0.4, -0.2) is 11.7 Å². The highest BCUT2D eigenvalue weighted by Crippen LogP contribution is 2.26. The Hall–Kier alpha value is -0.890. The summed E-state index contributed by atoms with van der Waals surface area (Å²) in [5, 5.41) is 9.21. The van der Waals surface area contributed by atoms with Crippen LogP contribution >= 0.6 is 0 Å². The van der Waals surface area contributed by atoms with Gasteiger partial charge in [-0.3, -0.25) is 0 Å². The first-order chi connectivity index (χ1) is 6.12. The van der Waals surface area contributed by atoms with Crippen molar-refractivity contribution in [3.8, 4) is 0 Å². The predicted octanol–water partition coefficient (Wildman–Crippen LogP) is 2.49. The molecule has 1 N–H and O–H groups in total. The molecule has 1 unspecified atom stereocenters. The van der Waals surface area contributed by atoms with Gasteiger partial charge in [-0.05, 0) is 24.1 Å². The van der Waals surface area contributed by atoms with E-state index in [9.17, 15) is 9.50 Å². The summed E-state index contributed by atoms with van der Waals surface area (Å²) in [5.41, 5.74) is 0.743. The van der Waals surface area contributed by atoms with Crippen molar-refractivity contribution in [1.29, 1.82) is 0 Å². The van der Waals surface area contributed by atoms with E-state index in [4.69, 9.17) is 0 Å². The van der Waals surface area contributed by atoms with E-state index in [2.05, 4.69) is 0 Å². The number of aliphatic hydroxyl groups excluding tert-OH is 1. The van der Waals surface area contributed by atoms with Crippen molar-refractivity contribution in [2.45, 2.75) is 25.7 Å². The molecule has 2 heteroatoms. The summed E-state index contributed by atoms with van der Waals surface area (Å²) in [6.07, 6.45) is 0.842. The van der Waals surface area contributed by atoms with Crippen LogP contribution in [0.2, 0.25) is 0 Å². The van der Waals surface area contributed by atoms with Crippen molar-refractivity contribution >= 4 is 0 Å². The Bertz CT molecular complexity index is 262. The van der Waals surface area contributed by atoms with Crippen LogP contribution in [0.3, 0.4) is 0 Å². The van der Waals surface area contributed by atoms with Gasteiger partial charge in [-0.25, -0.2) is 4.39 Å². The van der Waals surface area contributed by atoms with Crippen molar-refractivity contribution in [3.05, 3.63) is 35.6 Å². The highest BCUT2D eigenvalue weighted by atomic mass is 19.1. The molecular weight excluding hydrogens is 167 g/mol. The third-order valence-electron chi connectivity index (χ3n) is 2.67. The van der Waals surface area contributed by atoms with Gasteiger partial charge in [0.15, 0.2) is 0 Å². The molecule has 0 aromatic heterocycles. The Labute approximate surface area is 78.2 Å². The summed E-state index contributed by atoms with van der Waals surface area (Å²) in [6, 6.07) is 6.32. The van der Waals surface area contributed by atoms with Gasteiger partial charge < -0.3 is 5.11 Å². The Morgan fingerprint density at radius 2 is 1.85 bits per heavy atom. The van der Waals surface area contributed by atoms with E-state index in [1.165, 1.54) is 12.1 Å². The third-order valence-corrected chi connectivity index (χ3v) is 2.67. The first-order valence-electron chi connectivity index (χ1n) is 4.49. The summed E-state index contributed by atoms with van der Waals surface area (Å²) in [6.45, 7) is 4.08. The van der Waals surface area contributed by atoms with Crippen LogP contribution in [0.5, 0.6) is 0 Å². The molecule has 0 saturated carbocycles. The Morgan fingerprint density at radius 3 is 2.23 bits per heavy atom. The maximum absolute atomic E-state index is 12.6. The van der Waals surface area contributed by atoms with Crippen molar-refractivity contribution < 1.29 is 9.50 Å². The van der Waals surface area contributed by atoms with Crippen molar-refractivity contribution in [3.63, 3.8) is 0 Å². The number of hydrogen-bond acceptors (Lipinski definition) is 1. The van der Waals surface area contributed by atoms with Gasteiger partial charge in [0.05, 0.1) is 6.61 Å². The number of benzene rings is 1. The maximum Gasteiger partial charge on any atom is 0.123 e. The van der Waals surface area contributed by atoms with Gasteiger partial charge in [-0.15, -0.1) is 0 Å². The molecule has 0 spiro atoms. The lowest BCUT2D eigenvalue weighted by molar-refractivity contribution is 0.201. The molecule has 0 aliphatic rings. The minimum Gasteiger partial charge on any atom is -0.395 e. The molecule has 13 heavy (non-hydrogen) atoms. The predicted molar refractivity (Wildman–Crippen MR) is 51.1 cm³/mol. The molecule has 0 amide bonds. The second kappa shape index (κ2) is 3.88. The molecule has 0 aliphatic carbocycles. The summed E-state index contributed by atoms with van der Waals surface area (Å²) < 4.78 is 12.6. The Balaban J connectivity index is 2.99. The van der Waals surface area contributed by atoms with Crippen LogP contribution in [0, 0.1) is 5.82 Å². The molecule has 0 saturated heterocycles. The molecule has 0 bridgehead atoms. The second-order valence-electron chi connectivity index (χ2n) is 3.58. The summed E-state index contributed by atoms with van der Waals surface area (Å²) in [7, 11) is 0. The molecule has 72 valence electrons. The van der Waals surface area contributed by atoms with E-state index < -0.39 is 0 Å². The lowest BCUT2D eigenvalue weighted by Gasteiger charge is -2.26. The number of rotatable bonds is 3. The second-order valence-corrected chi connectivity index (χ2v) is 3.58. The molecule has 0 radical (unpaired) electrons. The van der Waals surface area contributed by atoms with Crippen molar-refractivity contribution in [2.24, 2.45) is 0 Å². The average molecular weight is 182 g/mol. The summed E-state index contributed by atoms with van der Waals surface area (Å²) >= 11 is 0. The van der Waals surface area contributed by atoms with Crippen LogP contribution in [0.25, 0.3) is 0 Å². The topological polar surface area (TPSA) is 20.2 Å². The smallest absolute Gasteiger partial charge is 0.123 e. The monoisotopic (exact) mass is 182 g/mol. The zero-order chi connectivity index (χ0) is 9.90. The van der Waals surface area contributed by atoms with Crippen LogP contribution in [-0.2, 0) is 5.41 Å². The van der Waals surface area contributed by atoms with Crippen LogP contribution in [0.15, 0.2) is 24.3 Å². The number of aliphatic hydroxyl groups is 1. The lowest BCUT2D eigenvalue weighted by Crippen LogP contribution is -2.25. The number of halogens is 1. The standard InChI is InChI=1S/C11H15FO/c1-3-11(2,8-13)9-4-6-10(12)7-5-9/h4-7,13H,3,8H2,1-2H3. The van der Waals surface area contributed by atoms with Gasteiger partial charge >= 0.3 is 0 Å². The minimum atomic E-state index is -0.242. The maximum atomic E-state index is 12.6. The zero-order valence-corrected chi connectivity index (χ0v) is 8.05. The number of hydrogen-bond donors (Lipinski definition) is 1. The molecule has 1 aromatic carbocycles. The lowest BCUT2D eigenvalue weighted by atomic mass is 9.81. The SMILES string of the molecule is CCC(C)(CO)c1ccc(F)cc1. The highest BCUT2D eigenvalue weighted by molar-refractivity contribution is 5.24. The molecule has 0 aliphatic heterocycles. The average Bonchev–Trinajstić information content (AvgIpc) is 2.18. The van der Waals surface area contributed by atoms with E-state index in [-0.39, 0.29) is 17.8 Å². The normalized spacial score (nSPS) is 15.4. The molecular formula is C11H15FO. The van der Waals surface area contributed by atoms with Crippen LogP contribution in [0.4, 0.5) is 4.39 Å². The first kappa shape index (κ1) is 10.2. The molecule has 1 aromatic rings. The van der Waals surface area contributed by atoms with Crippen LogP contribution in [0.1, 0.15) is 25.8 Å². The largest absolute Gasteiger partial charge is 0.395 e. The van der Waals surface area contributed by atoms with Gasteiger partial charge in [0.1, 0.15) is 5.82 Å². The fraction of sp³-hybridized carbons (Fsp3) is 0.455. The van der Waals surface area contributed by atoms with E-state index in [1.807, 2.05) is 13.8 Å². The quantitative estimate of drug-likeness (QED) is 0.761. The Morgan fingerprint density at radius 1 is 1.31 bits per heavy atom. The molecule has 1 nitrogen and oxygen atoms in total. The van der Waals surface area contributed by atoms with Gasteiger partial charge in [0.25, 0.3) is 0 Å². The van der Waals surface area contributed by atoms with Gasteiger partial charge in [0, 0.05) is 5.41 Å². The third kappa shape index (κ3) is 2.07. The van der Waals surface area contributed by atoms with Crippen LogP contribution < -0.4 is 0 Å². The van der Waals surface area contributed by atoms with E-state index in [0.717, 1.165) is 12.0 Å². The summed E-state index contributed by atoms with van der Waals surface area (Å²) in [5.74, 6) is -0.236. The van der Waals surface area contributed by atoms with Gasteiger partial charge in [0.2, 0.25) is 0 Å². The van der Waals surface area contributed by atoms with Gasteiger partial charge in [-0.1, -0.05) is 26.0 Å². The van der Waals surface area contributed by atoms with E-state index >= 15 is 0 Å². The molecule has 0 heterocycles. The van der Waals surface area contributed by atoms with Crippen molar-refractivity contribution in [1.82, 2.24) is 0 Å².